The Morgan fingerprint density at radius 1 is 1.03 bits per heavy atom. The lowest BCUT2D eigenvalue weighted by molar-refractivity contribution is -0.120. The van der Waals surface area contributed by atoms with Gasteiger partial charge in [-0.25, -0.2) is 4.98 Å². The molecule has 1 aromatic rings. The molecule has 3 aliphatic rings. The number of aromatic nitrogens is 2. The molecule has 1 amide bonds. The van der Waals surface area contributed by atoms with Crippen molar-refractivity contribution in [2.45, 2.75) is 82.3 Å². The van der Waals surface area contributed by atoms with E-state index in [0.717, 1.165) is 31.9 Å². The normalized spacial score (nSPS) is 25.9. The molecule has 3 fully saturated rings. The molecular weight excluding hydrogens is 390 g/mol. The Morgan fingerprint density at radius 2 is 1.77 bits per heavy atom. The average Bonchev–Trinajstić information content (AvgIpc) is 3.01. The van der Waals surface area contributed by atoms with E-state index >= 15 is 0 Å². The van der Waals surface area contributed by atoms with Crippen LogP contribution in [0.25, 0.3) is 0 Å². The van der Waals surface area contributed by atoms with Gasteiger partial charge in [0.25, 0.3) is 0 Å². The number of carbonyl (C=O) groups is 1. The van der Waals surface area contributed by atoms with Crippen LogP contribution in [0.4, 0.5) is 11.8 Å². The van der Waals surface area contributed by atoms with Crippen molar-refractivity contribution in [1.82, 2.24) is 20.2 Å². The molecule has 0 radical (unpaired) electrons. The van der Waals surface area contributed by atoms with Crippen LogP contribution in [0, 0.1) is 0 Å². The lowest BCUT2D eigenvalue weighted by Crippen LogP contribution is -2.51. The molecule has 0 unspecified atom stereocenters. The number of nitrogens with zero attached hydrogens (tertiary/aromatic N) is 4. The molecule has 2 atom stereocenters. The third kappa shape index (κ3) is 5.86. The van der Waals surface area contributed by atoms with Crippen molar-refractivity contribution in [1.29, 1.82) is 0 Å². The third-order valence-electron chi connectivity index (χ3n) is 7.21. The van der Waals surface area contributed by atoms with E-state index in [1.807, 2.05) is 12.3 Å². The zero-order valence-electron chi connectivity index (χ0n) is 18.8. The monoisotopic (exact) mass is 429 g/mol. The van der Waals surface area contributed by atoms with Crippen molar-refractivity contribution < 1.29 is 4.79 Å². The van der Waals surface area contributed by atoms with Gasteiger partial charge in [0, 0.05) is 50.5 Å². The third-order valence-corrected chi connectivity index (χ3v) is 7.21. The minimum Gasteiger partial charge on any atom is -0.356 e. The van der Waals surface area contributed by atoms with Gasteiger partial charge in [0.05, 0.1) is 6.54 Å². The number of rotatable bonds is 7. The maximum absolute atomic E-state index is 11.9. The summed E-state index contributed by atoms with van der Waals surface area (Å²) in [6.45, 7) is 3.86. The number of nitrogens with two attached hydrogens (primary N) is 1. The summed E-state index contributed by atoms with van der Waals surface area (Å²) in [5.41, 5.74) is 5.53. The zero-order chi connectivity index (χ0) is 21.5. The van der Waals surface area contributed by atoms with Crippen LogP contribution in [0.3, 0.4) is 0 Å². The molecule has 1 aromatic heterocycles. The van der Waals surface area contributed by atoms with E-state index in [4.69, 9.17) is 10.7 Å². The first-order chi connectivity index (χ1) is 15.2. The van der Waals surface area contributed by atoms with Gasteiger partial charge in [0.1, 0.15) is 5.82 Å². The van der Waals surface area contributed by atoms with Crippen LogP contribution in [0.15, 0.2) is 12.3 Å². The summed E-state index contributed by atoms with van der Waals surface area (Å²) in [4.78, 5) is 26.3. The number of likely N-dealkylation sites (tertiary alicyclic amines) is 1. The topological polar surface area (TPSA) is 99.4 Å². The lowest BCUT2D eigenvalue weighted by atomic mass is 9.93. The molecule has 1 saturated carbocycles. The van der Waals surface area contributed by atoms with E-state index in [2.05, 4.69) is 25.4 Å². The molecule has 8 nitrogen and oxygen atoms in total. The Morgan fingerprint density at radius 3 is 2.52 bits per heavy atom. The molecule has 3 heterocycles. The second-order valence-corrected chi connectivity index (χ2v) is 9.28. The van der Waals surface area contributed by atoms with Crippen LogP contribution in [0.2, 0.25) is 0 Å². The van der Waals surface area contributed by atoms with E-state index in [1.165, 1.54) is 57.8 Å². The summed E-state index contributed by atoms with van der Waals surface area (Å²) >= 11 is 0. The maximum atomic E-state index is 11.9. The minimum atomic E-state index is -0.0892. The molecule has 0 bridgehead atoms. The van der Waals surface area contributed by atoms with E-state index in [9.17, 15) is 4.79 Å². The first kappa shape index (κ1) is 22.3. The average molecular weight is 430 g/mol. The SMILES string of the molecule is NCC(=O)NC[C@@H]1[C@@H](Nc2nccc(N3CCCCCC3)n2)CCN1C1CCCCC1. The van der Waals surface area contributed by atoms with Gasteiger partial charge in [-0.2, -0.15) is 4.98 Å². The second kappa shape index (κ2) is 11.1. The molecule has 4 rings (SSSR count). The summed E-state index contributed by atoms with van der Waals surface area (Å²) in [6, 6.07) is 3.10. The molecule has 172 valence electrons. The summed E-state index contributed by atoms with van der Waals surface area (Å²) in [7, 11) is 0. The van der Waals surface area contributed by atoms with Gasteiger partial charge >= 0.3 is 0 Å². The van der Waals surface area contributed by atoms with Crippen LogP contribution in [0.5, 0.6) is 0 Å². The summed E-state index contributed by atoms with van der Waals surface area (Å²) < 4.78 is 0. The lowest BCUT2D eigenvalue weighted by Gasteiger charge is -2.37. The Hall–Kier alpha value is -1.93. The van der Waals surface area contributed by atoms with Crippen molar-refractivity contribution in [3.63, 3.8) is 0 Å². The first-order valence-electron chi connectivity index (χ1n) is 12.3. The smallest absolute Gasteiger partial charge is 0.233 e. The quantitative estimate of drug-likeness (QED) is 0.610. The Labute approximate surface area is 186 Å². The molecular formula is C23H39N7O. The van der Waals surface area contributed by atoms with Crippen molar-refractivity contribution in [3.8, 4) is 0 Å². The first-order valence-corrected chi connectivity index (χ1v) is 12.3. The fraction of sp³-hybridized carbons (Fsp3) is 0.783. The van der Waals surface area contributed by atoms with Crippen LogP contribution in [-0.4, -0.2) is 71.6 Å². The number of carbonyl (C=O) groups excluding carboxylic acids is 1. The molecule has 0 aromatic carbocycles. The highest BCUT2D eigenvalue weighted by Gasteiger charge is 2.38. The molecule has 0 spiro atoms. The predicted molar refractivity (Wildman–Crippen MR) is 124 cm³/mol. The van der Waals surface area contributed by atoms with E-state index < -0.39 is 0 Å². The molecule has 2 aliphatic heterocycles. The standard InChI is InChI=1S/C23H39N7O/c24-16-22(31)26-17-20-19(11-15-30(20)18-8-4-3-5-9-18)27-23-25-12-10-21(28-23)29-13-6-1-2-7-14-29/h10,12,18-20H,1-9,11,13-17,24H2,(H,26,31)(H,25,27,28)/t19-,20+/m0/s1. The maximum Gasteiger partial charge on any atom is 0.233 e. The molecule has 4 N–H and O–H groups in total. The Bertz CT molecular complexity index is 701. The van der Waals surface area contributed by atoms with Gasteiger partial charge in [-0.1, -0.05) is 32.1 Å². The van der Waals surface area contributed by atoms with Gasteiger partial charge in [-0.3, -0.25) is 9.69 Å². The van der Waals surface area contributed by atoms with Crippen LogP contribution in [-0.2, 0) is 4.79 Å². The van der Waals surface area contributed by atoms with Crippen molar-refractivity contribution in [2.24, 2.45) is 5.73 Å². The summed E-state index contributed by atoms with van der Waals surface area (Å²) in [5, 5.41) is 6.66. The van der Waals surface area contributed by atoms with Crippen molar-refractivity contribution >= 4 is 17.7 Å². The van der Waals surface area contributed by atoms with Crippen LogP contribution in [0.1, 0.15) is 64.2 Å². The van der Waals surface area contributed by atoms with Crippen molar-refractivity contribution in [3.05, 3.63) is 12.3 Å². The number of hydrogen-bond donors (Lipinski definition) is 3. The van der Waals surface area contributed by atoms with Crippen LogP contribution < -0.4 is 21.3 Å². The Balaban J connectivity index is 1.45. The molecule has 1 aliphatic carbocycles. The van der Waals surface area contributed by atoms with Crippen LogP contribution >= 0.6 is 0 Å². The van der Waals surface area contributed by atoms with Gasteiger partial charge in [0.2, 0.25) is 11.9 Å². The number of hydrogen-bond acceptors (Lipinski definition) is 7. The van der Waals surface area contributed by atoms with E-state index in [-0.39, 0.29) is 24.5 Å². The molecule has 8 heteroatoms. The van der Waals surface area contributed by atoms with E-state index in [1.54, 1.807) is 0 Å². The molecule has 31 heavy (non-hydrogen) atoms. The highest BCUT2D eigenvalue weighted by Crippen LogP contribution is 2.30. The minimum absolute atomic E-state index is 0.0369. The Kier molecular flexibility index (Phi) is 7.97. The van der Waals surface area contributed by atoms with E-state index in [0.29, 0.717) is 18.5 Å². The number of nitrogens with one attached hydrogen (secondary N) is 2. The zero-order valence-corrected chi connectivity index (χ0v) is 18.8. The predicted octanol–water partition coefficient (Wildman–Crippen LogP) is 2.12. The van der Waals surface area contributed by atoms with Crippen molar-refractivity contribution in [2.75, 3.05) is 42.9 Å². The van der Waals surface area contributed by atoms with Gasteiger partial charge in [-0.05, 0) is 38.2 Å². The number of amides is 1. The molecule has 2 saturated heterocycles. The number of anilines is 2. The second-order valence-electron chi connectivity index (χ2n) is 9.28. The highest BCUT2D eigenvalue weighted by atomic mass is 16.1. The largest absolute Gasteiger partial charge is 0.356 e. The van der Waals surface area contributed by atoms with Gasteiger partial charge < -0.3 is 21.3 Å². The highest BCUT2D eigenvalue weighted by molar-refractivity contribution is 5.77. The summed E-state index contributed by atoms with van der Waals surface area (Å²) in [6.07, 6.45) is 14.5. The fourth-order valence-electron chi connectivity index (χ4n) is 5.52. The fourth-order valence-corrected chi connectivity index (χ4v) is 5.52. The van der Waals surface area contributed by atoms with Gasteiger partial charge in [0.15, 0.2) is 0 Å². The summed E-state index contributed by atoms with van der Waals surface area (Å²) in [5.74, 6) is 1.63. The van der Waals surface area contributed by atoms with Gasteiger partial charge in [-0.15, -0.1) is 0 Å².